The molecule has 2 unspecified atom stereocenters. The lowest BCUT2D eigenvalue weighted by Gasteiger charge is -2.19. The van der Waals surface area contributed by atoms with Gasteiger partial charge in [-0.2, -0.15) is 0 Å². The van der Waals surface area contributed by atoms with Gasteiger partial charge in [-0.15, -0.1) is 0 Å². The molecular formula is C65H124NO8P. The van der Waals surface area contributed by atoms with Crippen LogP contribution in [0.2, 0.25) is 0 Å². The number of esters is 2. The van der Waals surface area contributed by atoms with Gasteiger partial charge in [-0.1, -0.05) is 307 Å². The molecule has 0 aromatic rings. The second kappa shape index (κ2) is 61.4. The van der Waals surface area contributed by atoms with Gasteiger partial charge in [0.2, 0.25) is 0 Å². The Labute approximate surface area is 464 Å². The molecule has 0 heterocycles. The smallest absolute Gasteiger partial charge is 0.462 e. The maximum Gasteiger partial charge on any atom is 0.472 e. The van der Waals surface area contributed by atoms with Crippen LogP contribution in [0.5, 0.6) is 0 Å². The topological polar surface area (TPSA) is 134 Å². The summed E-state index contributed by atoms with van der Waals surface area (Å²) in [6.07, 6.45) is 75.1. The van der Waals surface area contributed by atoms with E-state index in [-0.39, 0.29) is 38.6 Å². The van der Waals surface area contributed by atoms with Gasteiger partial charge >= 0.3 is 19.8 Å². The first-order valence-corrected chi connectivity index (χ1v) is 34.0. The zero-order valence-electron chi connectivity index (χ0n) is 49.6. The second-order valence-corrected chi connectivity index (χ2v) is 23.4. The molecule has 10 heteroatoms. The van der Waals surface area contributed by atoms with Crippen molar-refractivity contribution in [2.45, 2.75) is 341 Å². The predicted molar refractivity (Wildman–Crippen MR) is 321 cm³/mol. The van der Waals surface area contributed by atoms with Gasteiger partial charge in [0.05, 0.1) is 13.2 Å². The first-order valence-electron chi connectivity index (χ1n) is 32.5. The molecule has 75 heavy (non-hydrogen) atoms. The van der Waals surface area contributed by atoms with E-state index < -0.39 is 26.5 Å². The number of hydrogen-bond donors (Lipinski definition) is 2. The molecule has 0 amide bonds. The molecule has 9 nitrogen and oxygen atoms in total. The average Bonchev–Trinajstić information content (AvgIpc) is 3.40. The van der Waals surface area contributed by atoms with Crippen LogP contribution >= 0.6 is 7.82 Å². The number of phosphoric ester groups is 1. The number of carbonyl (C=O) groups excluding carboxylic acids is 2. The molecule has 2 atom stereocenters. The minimum absolute atomic E-state index is 0.0540. The number of carbonyl (C=O) groups is 2. The summed E-state index contributed by atoms with van der Waals surface area (Å²) in [5, 5.41) is 0. The zero-order valence-corrected chi connectivity index (χ0v) is 50.4. The average molecular weight is 1080 g/mol. The summed E-state index contributed by atoms with van der Waals surface area (Å²) in [4.78, 5) is 35.3. The van der Waals surface area contributed by atoms with Crippen molar-refractivity contribution in [3.8, 4) is 0 Å². The highest BCUT2D eigenvalue weighted by Gasteiger charge is 2.26. The molecule has 0 aliphatic heterocycles. The third kappa shape index (κ3) is 61.3. The van der Waals surface area contributed by atoms with Crippen molar-refractivity contribution < 1.29 is 37.6 Å². The van der Waals surface area contributed by atoms with E-state index in [4.69, 9.17) is 24.3 Å². The van der Waals surface area contributed by atoms with Crippen LogP contribution in [0.1, 0.15) is 335 Å². The zero-order chi connectivity index (χ0) is 54.5. The Hall–Kier alpha value is -1.77. The van der Waals surface area contributed by atoms with E-state index in [2.05, 4.69) is 50.3 Å². The van der Waals surface area contributed by atoms with Crippen LogP contribution in [0.3, 0.4) is 0 Å². The highest BCUT2D eigenvalue weighted by atomic mass is 31.2. The Morgan fingerprint density at radius 2 is 0.693 bits per heavy atom. The van der Waals surface area contributed by atoms with Gasteiger partial charge in [0, 0.05) is 19.4 Å². The van der Waals surface area contributed by atoms with E-state index in [0.29, 0.717) is 6.42 Å². The van der Waals surface area contributed by atoms with Crippen molar-refractivity contribution in [1.29, 1.82) is 0 Å². The lowest BCUT2D eigenvalue weighted by molar-refractivity contribution is -0.161. The van der Waals surface area contributed by atoms with Crippen LogP contribution in [0.4, 0.5) is 0 Å². The van der Waals surface area contributed by atoms with Crippen LogP contribution in [-0.4, -0.2) is 49.3 Å². The number of unbranched alkanes of at least 4 members (excludes halogenated alkanes) is 43. The molecule has 0 aliphatic carbocycles. The summed E-state index contributed by atoms with van der Waals surface area (Å²) < 4.78 is 33.1. The van der Waals surface area contributed by atoms with E-state index in [1.54, 1.807) is 0 Å². The van der Waals surface area contributed by atoms with Gasteiger partial charge in [0.15, 0.2) is 6.10 Å². The summed E-state index contributed by atoms with van der Waals surface area (Å²) in [6.45, 7) is 3.79. The molecule has 3 N–H and O–H groups in total. The Morgan fingerprint density at radius 1 is 0.400 bits per heavy atom. The van der Waals surface area contributed by atoms with Gasteiger partial charge in [0.1, 0.15) is 6.61 Å². The fraction of sp³-hybridized carbons (Fsp3) is 0.877. The number of hydrogen-bond acceptors (Lipinski definition) is 8. The first-order chi connectivity index (χ1) is 36.8. The predicted octanol–water partition coefficient (Wildman–Crippen LogP) is 20.7. The number of nitrogens with two attached hydrogens (primary N) is 1. The van der Waals surface area contributed by atoms with E-state index >= 15 is 0 Å². The van der Waals surface area contributed by atoms with E-state index in [1.807, 2.05) is 0 Å². The number of allylic oxidation sites excluding steroid dienone is 6. The molecule has 0 rings (SSSR count). The van der Waals surface area contributed by atoms with Gasteiger partial charge in [-0.05, 0) is 51.4 Å². The Balaban J connectivity index is 3.88. The molecule has 0 saturated heterocycles. The molecule has 0 aliphatic rings. The van der Waals surface area contributed by atoms with Gasteiger partial charge in [-0.25, -0.2) is 4.57 Å². The largest absolute Gasteiger partial charge is 0.472 e. The summed E-state index contributed by atoms with van der Waals surface area (Å²) in [7, 11) is -4.39. The Morgan fingerprint density at radius 3 is 1.03 bits per heavy atom. The summed E-state index contributed by atoms with van der Waals surface area (Å²) in [5.41, 5.74) is 5.39. The minimum Gasteiger partial charge on any atom is -0.462 e. The van der Waals surface area contributed by atoms with Crippen molar-refractivity contribution in [3.05, 3.63) is 36.5 Å². The molecule has 442 valence electrons. The quantitative estimate of drug-likeness (QED) is 0.0264. The molecule has 0 spiro atoms. The van der Waals surface area contributed by atoms with Crippen molar-refractivity contribution in [2.24, 2.45) is 5.73 Å². The third-order valence-corrected chi connectivity index (χ3v) is 15.5. The summed E-state index contributed by atoms with van der Waals surface area (Å²) in [5.74, 6) is -0.815. The second-order valence-electron chi connectivity index (χ2n) is 22.0. The van der Waals surface area contributed by atoms with Crippen molar-refractivity contribution in [2.75, 3.05) is 26.4 Å². The normalized spacial score (nSPS) is 13.2. The van der Waals surface area contributed by atoms with E-state index in [1.165, 1.54) is 250 Å². The highest BCUT2D eigenvalue weighted by molar-refractivity contribution is 7.47. The fourth-order valence-electron chi connectivity index (χ4n) is 9.71. The van der Waals surface area contributed by atoms with Crippen LogP contribution in [-0.2, 0) is 32.7 Å². The Kier molecular flexibility index (Phi) is 60.0. The van der Waals surface area contributed by atoms with Crippen LogP contribution < -0.4 is 5.73 Å². The minimum atomic E-state index is -4.39. The van der Waals surface area contributed by atoms with Crippen LogP contribution in [0.15, 0.2) is 36.5 Å². The molecular weight excluding hydrogens is 954 g/mol. The van der Waals surface area contributed by atoms with Crippen LogP contribution in [0.25, 0.3) is 0 Å². The third-order valence-electron chi connectivity index (χ3n) is 14.5. The standard InChI is InChI=1S/C65H124NO8P/c1-3-5-7-9-11-13-15-17-19-21-23-25-27-29-30-31-32-34-35-37-39-41-43-45-47-49-51-53-55-57-64(67)71-61-63(62-73-75(69,70)72-60-59-66)74-65(68)58-56-54-52-50-48-46-44-42-40-38-36-33-28-26-24-22-20-18-16-14-12-10-8-6-4-2/h16,18,22,24,28,33,63H,3-15,17,19-21,23,25-27,29-32,34-62,66H2,1-2H3,(H,69,70)/b18-16-,24-22-,33-28-. The van der Waals surface area contributed by atoms with Crippen molar-refractivity contribution in [1.82, 2.24) is 0 Å². The van der Waals surface area contributed by atoms with E-state index in [9.17, 15) is 19.0 Å². The molecule has 0 fully saturated rings. The number of ether oxygens (including phenoxy) is 2. The molecule has 0 aromatic carbocycles. The van der Waals surface area contributed by atoms with Crippen molar-refractivity contribution >= 4 is 19.8 Å². The first kappa shape index (κ1) is 73.2. The monoisotopic (exact) mass is 1080 g/mol. The lowest BCUT2D eigenvalue weighted by atomic mass is 10.0. The fourth-order valence-corrected chi connectivity index (χ4v) is 10.5. The van der Waals surface area contributed by atoms with Crippen LogP contribution in [0, 0.1) is 0 Å². The molecule has 0 aromatic heterocycles. The molecule has 0 bridgehead atoms. The highest BCUT2D eigenvalue weighted by Crippen LogP contribution is 2.43. The molecule has 0 saturated carbocycles. The maximum absolute atomic E-state index is 12.7. The molecule has 0 radical (unpaired) electrons. The lowest BCUT2D eigenvalue weighted by Crippen LogP contribution is -2.29. The summed E-state index contributed by atoms with van der Waals surface area (Å²) >= 11 is 0. The SMILES string of the molecule is CCCCCCC/C=C\C/C=C\C/C=C\CCCCCCCCCCCCC(=O)OC(COC(=O)CCCCCCCCCCCCCCCCCCCCCCCCCCCCCCC)COP(=O)(O)OCCN. The van der Waals surface area contributed by atoms with Crippen molar-refractivity contribution in [3.63, 3.8) is 0 Å². The summed E-state index contributed by atoms with van der Waals surface area (Å²) in [6, 6.07) is 0. The van der Waals surface area contributed by atoms with Gasteiger partial charge in [0.25, 0.3) is 0 Å². The number of phosphoric acid groups is 1. The number of rotatable bonds is 62. The van der Waals surface area contributed by atoms with Gasteiger partial charge < -0.3 is 20.1 Å². The van der Waals surface area contributed by atoms with Gasteiger partial charge in [-0.3, -0.25) is 18.6 Å². The van der Waals surface area contributed by atoms with E-state index in [0.717, 1.165) is 51.4 Å². The maximum atomic E-state index is 12.7. The Bertz CT molecular complexity index is 1320.